The molecule has 1 aliphatic heterocycles. The Hall–Kier alpha value is -0.790. The minimum Gasteiger partial charge on any atom is -0.349 e. The van der Waals surface area contributed by atoms with Crippen LogP contribution in [-0.4, -0.2) is 11.9 Å². The minimum absolute atomic E-state index is 0.222. The summed E-state index contributed by atoms with van der Waals surface area (Å²) in [5.41, 5.74) is 0. The molecule has 2 heteroatoms. The number of fused-ring (bicyclic) bond motifs is 1. The molecule has 1 saturated heterocycles. The molecule has 0 saturated carbocycles. The average Bonchev–Trinajstić information content (AvgIpc) is 2.09. The number of hydrogen-bond donors (Lipinski definition) is 1. The minimum atomic E-state index is 0.222. The maximum absolute atomic E-state index is 10.6. The molecule has 0 aromatic carbocycles. The molecule has 2 rings (SSSR count). The van der Waals surface area contributed by atoms with E-state index in [1.54, 1.807) is 0 Å². The number of carbonyl (C=O) groups excluding carboxylic acids is 1. The van der Waals surface area contributed by atoms with Gasteiger partial charge in [0.15, 0.2) is 0 Å². The molecule has 2 nitrogen and oxygen atoms in total. The molecule has 2 atom stereocenters. The van der Waals surface area contributed by atoms with E-state index in [0.29, 0.717) is 12.0 Å². The zero-order chi connectivity index (χ0) is 5.56. The quantitative estimate of drug-likeness (QED) is 0.346. The van der Waals surface area contributed by atoms with E-state index in [9.17, 15) is 4.79 Å². The van der Waals surface area contributed by atoms with Crippen LogP contribution in [0.2, 0.25) is 0 Å². The van der Waals surface area contributed by atoms with E-state index in [1.807, 2.05) is 0 Å². The molecule has 0 bridgehead atoms. The Labute approximate surface area is 47.6 Å². The fraction of sp³-hybridized carbons (Fsp3) is 0.500. The van der Waals surface area contributed by atoms with Crippen molar-refractivity contribution in [1.82, 2.24) is 5.32 Å². The first-order chi connectivity index (χ1) is 3.88. The molecule has 0 radical (unpaired) electrons. The van der Waals surface area contributed by atoms with Gasteiger partial charge in [-0.25, -0.2) is 0 Å². The van der Waals surface area contributed by atoms with Gasteiger partial charge in [0.2, 0.25) is 5.91 Å². The summed E-state index contributed by atoms with van der Waals surface area (Å²) in [6.45, 7) is 0. The lowest BCUT2D eigenvalue weighted by Gasteiger charge is -2.29. The Morgan fingerprint density at radius 3 is 3.12 bits per heavy atom. The molecule has 1 N–H and O–H groups in total. The maximum atomic E-state index is 10.6. The van der Waals surface area contributed by atoms with E-state index in [2.05, 4.69) is 17.5 Å². The van der Waals surface area contributed by atoms with Gasteiger partial charge < -0.3 is 5.32 Å². The van der Waals surface area contributed by atoms with E-state index in [4.69, 9.17) is 0 Å². The highest BCUT2D eigenvalue weighted by Gasteiger charge is 2.38. The van der Waals surface area contributed by atoms with Crippen molar-refractivity contribution >= 4 is 5.91 Å². The summed E-state index contributed by atoms with van der Waals surface area (Å²) in [5, 5.41) is 2.78. The van der Waals surface area contributed by atoms with Crippen molar-refractivity contribution in [3.05, 3.63) is 12.2 Å². The smallest absolute Gasteiger partial charge is 0.226 e. The monoisotopic (exact) mass is 109 g/mol. The van der Waals surface area contributed by atoms with Crippen LogP contribution in [-0.2, 0) is 4.79 Å². The first-order valence-electron chi connectivity index (χ1n) is 2.85. The van der Waals surface area contributed by atoms with Crippen molar-refractivity contribution in [3.63, 3.8) is 0 Å². The maximum Gasteiger partial charge on any atom is 0.226 e. The van der Waals surface area contributed by atoms with Crippen LogP contribution in [0.4, 0.5) is 0 Å². The summed E-state index contributed by atoms with van der Waals surface area (Å²) in [7, 11) is 0. The van der Waals surface area contributed by atoms with E-state index in [0.717, 1.165) is 6.42 Å². The lowest BCUT2D eigenvalue weighted by atomic mass is 9.94. The molecule has 1 amide bonds. The summed E-state index contributed by atoms with van der Waals surface area (Å²) in [6.07, 6.45) is 5.08. The number of rotatable bonds is 0. The van der Waals surface area contributed by atoms with E-state index in [1.165, 1.54) is 0 Å². The second kappa shape index (κ2) is 1.13. The summed E-state index contributed by atoms with van der Waals surface area (Å²) in [4.78, 5) is 10.6. The molecule has 0 aromatic heterocycles. The molecule has 0 aromatic rings. The molecule has 42 valence electrons. The molecule has 0 unspecified atom stereocenters. The summed E-state index contributed by atoms with van der Waals surface area (Å²) < 4.78 is 0. The topological polar surface area (TPSA) is 29.1 Å². The molecular weight excluding hydrogens is 102 g/mol. The van der Waals surface area contributed by atoms with Gasteiger partial charge in [-0.2, -0.15) is 0 Å². The molecule has 1 heterocycles. The number of allylic oxidation sites excluding steroid dienone is 1. The predicted molar refractivity (Wildman–Crippen MR) is 29.2 cm³/mol. The number of β-lactam (4-membered cyclic amide) rings is 1. The van der Waals surface area contributed by atoms with Crippen molar-refractivity contribution in [2.75, 3.05) is 0 Å². The highest BCUT2D eigenvalue weighted by molar-refractivity contribution is 5.87. The van der Waals surface area contributed by atoms with Crippen molar-refractivity contribution in [3.8, 4) is 0 Å². The van der Waals surface area contributed by atoms with Gasteiger partial charge >= 0.3 is 0 Å². The van der Waals surface area contributed by atoms with Gasteiger partial charge in [-0.15, -0.1) is 0 Å². The first kappa shape index (κ1) is 4.13. The van der Waals surface area contributed by atoms with Crippen LogP contribution in [0.5, 0.6) is 0 Å². The van der Waals surface area contributed by atoms with E-state index < -0.39 is 0 Å². The van der Waals surface area contributed by atoms with Gasteiger partial charge in [-0.1, -0.05) is 12.2 Å². The van der Waals surface area contributed by atoms with Gasteiger partial charge in [-0.05, 0) is 6.42 Å². The number of amides is 1. The Morgan fingerprint density at radius 2 is 2.62 bits per heavy atom. The second-order valence-electron chi connectivity index (χ2n) is 2.30. The van der Waals surface area contributed by atoms with Crippen LogP contribution in [0.1, 0.15) is 6.42 Å². The Balaban J connectivity index is 2.19. The summed E-state index contributed by atoms with van der Waals surface area (Å²) >= 11 is 0. The Morgan fingerprint density at radius 1 is 1.75 bits per heavy atom. The van der Waals surface area contributed by atoms with Crippen molar-refractivity contribution in [2.24, 2.45) is 5.92 Å². The molecule has 8 heavy (non-hydrogen) atoms. The molecular formula is C6H7NO. The van der Waals surface area contributed by atoms with Crippen LogP contribution in [0.3, 0.4) is 0 Å². The zero-order valence-corrected chi connectivity index (χ0v) is 4.42. The third-order valence-corrected chi connectivity index (χ3v) is 1.81. The fourth-order valence-electron chi connectivity index (χ4n) is 1.25. The average molecular weight is 109 g/mol. The van der Waals surface area contributed by atoms with Gasteiger partial charge in [0.25, 0.3) is 0 Å². The number of hydrogen-bond acceptors (Lipinski definition) is 1. The van der Waals surface area contributed by atoms with Crippen LogP contribution in [0.25, 0.3) is 0 Å². The molecule has 2 aliphatic rings. The first-order valence-corrected chi connectivity index (χ1v) is 2.85. The normalized spacial score (nSPS) is 40.8. The van der Waals surface area contributed by atoms with Crippen LogP contribution in [0, 0.1) is 5.92 Å². The highest BCUT2D eigenvalue weighted by atomic mass is 16.2. The molecule has 1 aliphatic carbocycles. The van der Waals surface area contributed by atoms with Gasteiger partial charge in [0.05, 0.1) is 12.0 Å². The zero-order valence-electron chi connectivity index (χ0n) is 4.42. The SMILES string of the molecule is O=C1N[C@@H]2C=CC[C@H]12. The standard InChI is InChI=1S/C6H7NO/c8-6-4-2-1-3-5(4)7-6/h1,3-5H,2H2,(H,7,8)/t4-,5+/m0/s1. The second-order valence-corrected chi connectivity index (χ2v) is 2.30. The fourth-order valence-corrected chi connectivity index (χ4v) is 1.25. The van der Waals surface area contributed by atoms with Crippen LogP contribution in [0.15, 0.2) is 12.2 Å². The predicted octanol–water partition coefficient (Wildman–Crippen LogP) is 0.0609. The largest absolute Gasteiger partial charge is 0.349 e. The van der Waals surface area contributed by atoms with Crippen LogP contribution < -0.4 is 5.32 Å². The van der Waals surface area contributed by atoms with Crippen molar-refractivity contribution < 1.29 is 4.79 Å². The van der Waals surface area contributed by atoms with E-state index in [-0.39, 0.29) is 5.91 Å². The summed E-state index contributed by atoms with van der Waals surface area (Å²) in [6, 6.07) is 0.391. The lowest BCUT2D eigenvalue weighted by Crippen LogP contribution is -2.54. The lowest BCUT2D eigenvalue weighted by molar-refractivity contribution is -0.132. The third-order valence-electron chi connectivity index (χ3n) is 1.81. The van der Waals surface area contributed by atoms with Gasteiger partial charge in [0.1, 0.15) is 0 Å². The summed E-state index contributed by atoms with van der Waals surface area (Å²) in [5.74, 6) is 0.523. The Kier molecular flexibility index (Phi) is 0.583. The Bertz CT molecular complexity index is 162. The highest BCUT2D eigenvalue weighted by Crippen LogP contribution is 2.25. The third kappa shape index (κ3) is 0.312. The van der Waals surface area contributed by atoms with E-state index >= 15 is 0 Å². The van der Waals surface area contributed by atoms with Crippen LogP contribution >= 0.6 is 0 Å². The van der Waals surface area contributed by atoms with Crippen molar-refractivity contribution in [2.45, 2.75) is 12.5 Å². The van der Waals surface area contributed by atoms with Crippen molar-refractivity contribution in [1.29, 1.82) is 0 Å². The molecule has 0 spiro atoms. The number of carbonyl (C=O) groups is 1. The van der Waals surface area contributed by atoms with Gasteiger partial charge in [-0.3, -0.25) is 4.79 Å². The number of nitrogens with one attached hydrogen (secondary N) is 1. The molecule has 1 fully saturated rings. The van der Waals surface area contributed by atoms with Gasteiger partial charge in [0, 0.05) is 0 Å².